The summed E-state index contributed by atoms with van der Waals surface area (Å²) >= 11 is 0. The third-order valence-electron chi connectivity index (χ3n) is 2.69. The Morgan fingerprint density at radius 2 is 1.90 bits per heavy atom. The van der Waals surface area contributed by atoms with Crippen LogP contribution >= 0.6 is 0 Å². The molecule has 0 bridgehead atoms. The Bertz CT molecular complexity index is 614. The maximum Gasteiger partial charge on any atom is 0.263 e. The first-order chi connectivity index (χ1) is 10.2. The molecule has 1 heterocycles. The number of para-hydroxylation sites is 2. The average Bonchev–Trinajstić information content (AvgIpc) is 2.47. The van der Waals surface area contributed by atoms with Crippen molar-refractivity contribution in [1.29, 1.82) is 0 Å². The number of aryl methyl sites for hydroxylation is 1. The van der Waals surface area contributed by atoms with Crippen LogP contribution in [0.25, 0.3) is 0 Å². The highest BCUT2D eigenvalue weighted by molar-refractivity contribution is 5.91. The van der Waals surface area contributed by atoms with E-state index in [1.807, 2.05) is 32.0 Å². The van der Waals surface area contributed by atoms with Crippen LogP contribution in [0.4, 0.5) is 5.82 Å². The summed E-state index contributed by atoms with van der Waals surface area (Å²) < 4.78 is 10.9. The quantitative estimate of drug-likeness (QED) is 0.887. The number of carbonyl (C=O) groups is 1. The maximum absolute atomic E-state index is 11.8. The number of nitrogens with zero attached hydrogens (tertiary/aromatic N) is 1. The number of benzene rings is 1. The highest BCUT2D eigenvalue weighted by Gasteiger charge is 2.08. The van der Waals surface area contributed by atoms with Gasteiger partial charge in [0.1, 0.15) is 5.82 Å². The summed E-state index contributed by atoms with van der Waals surface area (Å²) in [7, 11) is 0. The molecular weight excluding hydrogens is 268 g/mol. The van der Waals surface area contributed by atoms with E-state index in [9.17, 15) is 4.79 Å². The molecule has 0 saturated heterocycles. The van der Waals surface area contributed by atoms with Gasteiger partial charge in [-0.05, 0) is 43.7 Å². The molecule has 110 valence electrons. The first-order valence-electron chi connectivity index (χ1n) is 6.76. The van der Waals surface area contributed by atoms with Gasteiger partial charge in [0, 0.05) is 6.20 Å². The summed E-state index contributed by atoms with van der Waals surface area (Å²) in [5, 5.41) is 2.69. The van der Waals surface area contributed by atoms with Crippen LogP contribution in [-0.2, 0) is 4.79 Å². The van der Waals surface area contributed by atoms with Gasteiger partial charge >= 0.3 is 0 Å². The molecule has 1 aromatic carbocycles. The fraction of sp³-hybridized carbons (Fsp3) is 0.250. The molecule has 0 aliphatic rings. The van der Waals surface area contributed by atoms with Crippen LogP contribution in [0.2, 0.25) is 0 Å². The van der Waals surface area contributed by atoms with Gasteiger partial charge in [-0.25, -0.2) is 4.98 Å². The van der Waals surface area contributed by atoms with Gasteiger partial charge in [-0.3, -0.25) is 4.79 Å². The monoisotopic (exact) mass is 286 g/mol. The zero-order valence-corrected chi connectivity index (χ0v) is 12.1. The molecule has 5 heteroatoms. The zero-order chi connectivity index (χ0) is 15.1. The third-order valence-corrected chi connectivity index (χ3v) is 2.69. The molecule has 0 spiro atoms. The summed E-state index contributed by atoms with van der Waals surface area (Å²) in [6.07, 6.45) is 1.65. The van der Waals surface area contributed by atoms with E-state index >= 15 is 0 Å². The van der Waals surface area contributed by atoms with E-state index < -0.39 is 0 Å². The van der Waals surface area contributed by atoms with Gasteiger partial charge in [-0.2, -0.15) is 0 Å². The number of rotatable bonds is 6. The summed E-state index contributed by atoms with van der Waals surface area (Å²) in [5.41, 5.74) is 1.03. The predicted molar refractivity (Wildman–Crippen MR) is 80.7 cm³/mol. The van der Waals surface area contributed by atoms with Crippen molar-refractivity contribution in [3.05, 3.63) is 48.2 Å². The minimum absolute atomic E-state index is 0.0975. The van der Waals surface area contributed by atoms with E-state index in [1.54, 1.807) is 24.4 Å². The van der Waals surface area contributed by atoms with Gasteiger partial charge in [0.05, 0.1) is 6.61 Å². The lowest BCUT2D eigenvalue weighted by Gasteiger charge is -2.11. The lowest BCUT2D eigenvalue weighted by molar-refractivity contribution is -0.118. The second-order valence-electron chi connectivity index (χ2n) is 4.44. The molecule has 0 unspecified atom stereocenters. The molecule has 0 radical (unpaired) electrons. The number of carbonyl (C=O) groups excluding carboxylic acids is 1. The van der Waals surface area contributed by atoms with Gasteiger partial charge in [0.15, 0.2) is 18.1 Å². The number of aromatic nitrogens is 1. The number of anilines is 1. The molecule has 2 aromatic rings. The van der Waals surface area contributed by atoms with Crippen LogP contribution in [0.1, 0.15) is 12.5 Å². The standard InChI is InChI=1S/C16H18N2O3/c1-3-20-13-6-4-5-7-14(13)21-11-16(19)18-15-10-12(2)8-9-17-15/h4-10H,3,11H2,1-2H3,(H,17,18,19). The van der Waals surface area contributed by atoms with E-state index in [4.69, 9.17) is 9.47 Å². The van der Waals surface area contributed by atoms with Crippen molar-refractivity contribution < 1.29 is 14.3 Å². The Kier molecular flexibility index (Phi) is 5.15. The summed E-state index contributed by atoms with van der Waals surface area (Å²) in [6.45, 7) is 4.28. The highest BCUT2D eigenvalue weighted by Crippen LogP contribution is 2.26. The molecule has 0 saturated carbocycles. The minimum atomic E-state index is -0.264. The maximum atomic E-state index is 11.8. The number of amides is 1. The first kappa shape index (κ1) is 14.8. The zero-order valence-electron chi connectivity index (χ0n) is 12.1. The third kappa shape index (κ3) is 4.49. The van der Waals surface area contributed by atoms with Crippen molar-refractivity contribution in [2.75, 3.05) is 18.5 Å². The van der Waals surface area contributed by atoms with E-state index in [2.05, 4.69) is 10.3 Å². The first-order valence-corrected chi connectivity index (χ1v) is 6.76. The second-order valence-corrected chi connectivity index (χ2v) is 4.44. The number of pyridine rings is 1. The van der Waals surface area contributed by atoms with Crippen LogP contribution in [0.5, 0.6) is 11.5 Å². The molecule has 0 aliphatic heterocycles. The Morgan fingerprint density at radius 1 is 1.19 bits per heavy atom. The van der Waals surface area contributed by atoms with E-state index in [0.29, 0.717) is 23.9 Å². The van der Waals surface area contributed by atoms with Crippen LogP contribution in [0.3, 0.4) is 0 Å². The SMILES string of the molecule is CCOc1ccccc1OCC(=O)Nc1cc(C)ccn1. The molecule has 0 fully saturated rings. The number of hydrogen-bond acceptors (Lipinski definition) is 4. The molecule has 21 heavy (non-hydrogen) atoms. The average molecular weight is 286 g/mol. The van der Waals surface area contributed by atoms with Crippen LogP contribution in [0, 0.1) is 6.92 Å². The Morgan fingerprint density at radius 3 is 2.57 bits per heavy atom. The van der Waals surface area contributed by atoms with Crippen LogP contribution in [-0.4, -0.2) is 24.1 Å². The fourth-order valence-corrected chi connectivity index (χ4v) is 1.77. The lowest BCUT2D eigenvalue weighted by Crippen LogP contribution is -2.21. The van der Waals surface area contributed by atoms with Gasteiger partial charge < -0.3 is 14.8 Å². The normalized spacial score (nSPS) is 10.0. The van der Waals surface area contributed by atoms with Crippen molar-refractivity contribution >= 4 is 11.7 Å². The summed E-state index contributed by atoms with van der Waals surface area (Å²) in [4.78, 5) is 15.9. The molecule has 0 aliphatic carbocycles. The van der Waals surface area contributed by atoms with Crippen molar-refractivity contribution in [2.24, 2.45) is 0 Å². The van der Waals surface area contributed by atoms with E-state index in [1.165, 1.54) is 0 Å². The molecule has 2 rings (SSSR count). The Labute approximate surface area is 123 Å². The Hall–Kier alpha value is -2.56. The Balaban J connectivity index is 1.92. The van der Waals surface area contributed by atoms with E-state index in [-0.39, 0.29) is 12.5 Å². The fourth-order valence-electron chi connectivity index (χ4n) is 1.77. The minimum Gasteiger partial charge on any atom is -0.490 e. The van der Waals surface area contributed by atoms with E-state index in [0.717, 1.165) is 5.56 Å². The lowest BCUT2D eigenvalue weighted by atomic mass is 10.3. The molecule has 1 aromatic heterocycles. The highest BCUT2D eigenvalue weighted by atomic mass is 16.5. The largest absolute Gasteiger partial charge is 0.490 e. The molecule has 5 nitrogen and oxygen atoms in total. The van der Waals surface area contributed by atoms with Gasteiger partial charge in [-0.1, -0.05) is 12.1 Å². The van der Waals surface area contributed by atoms with Gasteiger partial charge in [0.2, 0.25) is 0 Å². The molecule has 0 atom stereocenters. The van der Waals surface area contributed by atoms with Gasteiger partial charge in [0.25, 0.3) is 5.91 Å². The topological polar surface area (TPSA) is 60.5 Å². The number of nitrogens with one attached hydrogen (secondary N) is 1. The summed E-state index contributed by atoms with van der Waals surface area (Å²) in [5.74, 6) is 1.43. The van der Waals surface area contributed by atoms with Crippen molar-refractivity contribution in [1.82, 2.24) is 4.98 Å². The van der Waals surface area contributed by atoms with Crippen molar-refractivity contribution in [3.8, 4) is 11.5 Å². The van der Waals surface area contributed by atoms with Crippen molar-refractivity contribution in [3.63, 3.8) is 0 Å². The second kappa shape index (κ2) is 7.28. The molecular formula is C16H18N2O3. The van der Waals surface area contributed by atoms with Crippen LogP contribution in [0.15, 0.2) is 42.6 Å². The van der Waals surface area contributed by atoms with Crippen LogP contribution < -0.4 is 14.8 Å². The number of ether oxygens (including phenoxy) is 2. The molecule has 1 amide bonds. The van der Waals surface area contributed by atoms with Crippen molar-refractivity contribution in [2.45, 2.75) is 13.8 Å². The summed E-state index contributed by atoms with van der Waals surface area (Å²) in [6, 6.07) is 10.9. The molecule has 1 N–H and O–H groups in total. The predicted octanol–water partition coefficient (Wildman–Crippen LogP) is 2.81. The smallest absolute Gasteiger partial charge is 0.263 e. The number of hydrogen-bond donors (Lipinski definition) is 1. The van der Waals surface area contributed by atoms with Gasteiger partial charge in [-0.15, -0.1) is 0 Å².